The Hall–Kier alpha value is -0.340. The Kier molecular flexibility index (Phi) is 2.67. The molecule has 2 rings (SSSR count). The largest absolute Gasteiger partial charge is 0.385 e. The third-order valence-electron chi connectivity index (χ3n) is 3.26. The molecular formula is C12H18OS. The van der Waals surface area contributed by atoms with E-state index in [0.29, 0.717) is 0 Å². The highest BCUT2D eigenvalue weighted by molar-refractivity contribution is 7.10. The van der Waals surface area contributed by atoms with E-state index in [1.807, 2.05) is 6.92 Å². The van der Waals surface area contributed by atoms with Gasteiger partial charge >= 0.3 is 0 Å². The van der Waals surface area contributed by atoms with Crippen LogP contribution in [0.25, 0.3) is 0 Å². The monoisotopic (exact) mass is 210 g/mol. The Bertz CT molecular complexity index is 310. The fraction of sp³-hybridized carbons (Fsp3) is 0.667. The van der Waals surface area contributed by atoms with Gasteiger partial charge < -0.3 is 5.11 Å². The van der Waals surface area contributed by atoms with Gasteiger partial charge in [0.25, 0.3) is 0 Å². The van der Waals surface area contributed by atoms with Crippen molar-refractivity contribution in [1.29, 1.82) is 0 Å². The van der Waals surface area contributed by atoms with Crippen molar-refractivity contribution >= 4 is 11.3 Å². The fourth-order valence-corrected chi connectivity index (χ4v) is 3.28. The van der Waals surface area contributed by atoms with Crippen molar-refractivity contribution in [2.24, 2.45) is 5.92 Å². The summed E-state index contributed by atoms with van der Waals surface area (Å²) in [7, 11) is 0. The Balaban J connectivity index is 2.10. The molecule has 0 radical (unpaired) electrons. The molecule has 1 aliphatic rings. The molecule has 1 aliphatic carbocycles. The van der Waals surface area contributed by atoms with Crippen LogP contribution in [0.4, 0.5) is 0 Å². The smallest absolute Gasteiger partial charge is 0.0965 e. The Labute approximate surface area is 89.8 Å². The Morgan fingerprint density at radius 2 is 2.29 bits per heavy atom. The summed E-state index contributed by atoms with van der Waals surface area (Å²) in [5.41, 5.74) is 0.642. The van der Waals surface area contributed by atoms with Crippen LogP contribution in [-0.2, 0) is 5.60 Å². The molecule has 2 heteroatoms. The predicted molar refractivity (Wildman–Crippen MR) is 60.6 cm³/mol. The molecule has 1 nitrogen and oxygen atoms in total. The van der Waals surface area contributed by atoms with Crippen molar-refractivity contribution in [1.82, 2.24) is 0 Å². The summed E-state index contributed by atoms with van der Waals surface area (Å²) in [6, 6.07) is 2.09. The molecule has 1 heterocycles. The van der Waals surface area contributed by atoms with Gasteiger partial charge in [-0.2, -0.15) is 0 Å². The van der Waals surface area contributed by atoms with Gasteiger partial charge in [-0.25, -0.2) is 0 Å². The summed E-state index contributed by atoms with van der Waals surface area (Å²) in [6.07, 6.45) is 4.90. The van der Waals surface area contributed by atoms with Crippen molar-refractivity contribution in [3.63, 3.8) is 0 Å². The van der Waals surface area contributed by atoms with E-state index in [9.17, 15) is 5.11 Å². The molecule has 0 bridgehead atoms. The normalized spacial score (nSPS) is 21.6. The topological polar surface area (TPSA) is 20.2 Å². The van der Waals surface area contributed by atoms with Crippen LogP contribution in [0.3, 0.4) is 0 Å². The molecule has 78 valence electrons. The Morgan fingerprint density at radius 3 is 2.71 bits per heavy atom. The fourth-order valence-electron chi connectivity index (χ4n) is 2.28. The van der Waals surface area contributed by atoms with Crippen molar-refractivity contribution in [2.75, 3.05) is 0 Å². The zero-order chi connectivity index (χ0) is 10.2. The lowest BCUT2D eigenvalue weighted by Gasteiger charge is -2.33. The molecular weight excluding hydrogens is 192 g/mol. The van der Waals surface area contributed by atoms with Crippen LogP contribution in [0.2, 0.25) is 0 Å². The number of aryl methyl sites for hydroxylation is 1. The van der Waals surface area contributed by atoms with Crippen LogP contribution in [-0.4, -0.2) is 5.11 Å². The summed E-state index contributed by atoms with van der Waals surface area (Å²) >= 11 is 1.68. The van der Waals surface area contributed by atoms with E-state index in [1.54, 1.807) is 11.3 Å². The average Bonchev–Trinajstić information content (AvgIpc) is 2.45. The summed E-state index contributed by atoms with van der Waals surface area (Å²) in [6.45, 7) is 4.05. The summed E-state index contributed by atoms with van der Waals surface area (Å²) in [5, 5.41) is 12.5. The van der Waals surface area contributed by atoms with Crippen LogP contribution in [0.15, 0.2) is 11.4 Å². The lowest BCUT2D eigenvalue weighted by molar-refractivity contribution is 0.0190. The third kappa shape index (κ3) is 1.86. The van der Waals surface area contributed by atoms with Gasteiger partial charge in [0, 0.05) is 4.88 Å². The maximum atomic E-state index is 10.4. The third-order valence-corrected chi connectivity index (χ3v) is 4.53. The first kappa shape index (κ1) is 10.2. The van der Waals surface area contributed by atoms with E-state index in [-0.39, 0.29) is 0 Å². The molecule has 14 heavy (non-hydrogen) atoms. The van der Waals surface area contributed by atoms with Gasteiger partial charge in [0.15, 0.2) is 0 Å². The van der Waals surface area contributed by atoms with Crippen molar-refractivity contribution in [3.8, 4) is 0 Å². The molecule has 1 fully saturated rings. The van der Waals surface area contributed by atoms with E-state index in [0.717, 1.165) is 17.2 Å². The van der Waals surface area contributed by atoms with E-state index < -0.39 is 5.60 Å². The predicted octanol–water partition coefficient (Wildman–Crippen LogP) is 3.45. The minimum Gasteiger partial charge on any atom is -0.385 e. The van der Waals surface area contributed by atoms with Crippen LogP contribution in [0.1, 0.15) is 43.0 Å². The molecule has 1 saturated carbocycles. The molecule has 0 aliphatic heterocycles. The molecule has 0 spiro atoms. The summed E-state index contributed by atoms with van der Waals surface area (Å²) in [4.78, 5) is 1.16. The van der Waals surface area contributed by atoms with E-state index in [1.165, 1.54) is 24.8 Å². The van der Waals surface area contributed by atoms with Gasteiger partial charge in [-0.15, -0.1) is 11.3 Å². The molecule has 0 saturated heterocycles. The van der Waals surface area contributed by atoms with Crippen LogP contribution >= 0.6 is 11.3 Å². The van der Waals surface area contributed by atoms with Crippen molar-refractivity contribution in [2.45, 2.75) is 45.1 Å². The standard InChI is InChI=1S/C12H18OS/c1-9-6-7-14-11(9)12(2,13)8-10-4-3-5-10/h6-7,10,13H,3-5,8H2,1-2H3. The van der Waals surface area contributed by atoms with Crippen LogP contribution < -0.4 is 0 Å². The second kappa shape index (κ2) is 3.67. The molecule has 0 aromatic carbocycles. The second-order valence-corrected chi connectivity index (χ2v) is 5.62. The van der Waals surface area contributed by atoms with Gasteiger partial charge in [-0.05, 0) is 43.2 Å². The molecule has 1 unspecified atom stereocenters. The summed E-state index contributed by atoms with van der Waals surface area (Å²) < 4.78 is 0. The van der Waals surface area contributed by atoms with Crippen molar-refractivity contribution in [3.05, 3.63) is 21.9 Å². The zero-order valence-corrected chi connectivity index (χ0v) is 9.73. The van der Waals surface area contributed by atoms with Gasteiger partial charge in [-0.1, -0.05) is 19.3 Å². The van der Waals surface area contributed by atoms with Gasteiger partial charge in [-0.3, -0.25) is 0 Å². The molecule has 1 atom stereocenters. The zero-order valence-electron chi connectivity index (χ0n) is 8.92. The highest BCUT2D eigenvalue weighted by Gasteiger charge is 2.32. The molecule has 1 aromatic heterocycles. The summed E-state index contributed by atoms with van der Waals surface area (Å²) in [5.74, 6) is 0.756. The first-order chi connectivity index (χ1) is 6.59. The lowest BCUT2D eigenvalue weighted by Crippen LogP contribution is -2.27. The number of aliphatic hydroxyl groups is 1. The molecule has 0 amide bonds. The lowest BCUT2D eigenvalue weighted by atomic mass is 9.77. The second-order valence-electron chi connectivity index (χ2n) is 4.71. The average molecular weight is 210 g/mol. The highest BCUT2D eigenvalue weighted by atomic mass is 32.1. The van der Waals surface area contributed by atoms with Crippen LogP contribution in [0, 0.1) is 12.8 Å². The Morgan fingerprint density at radius 1 is 1.57 bits per heavy atom. The number of hydrogen-bond donors (Lipinski definition) is 1. The van der Waals surface area contributed by atoms with Gasteiger partial charge in [0.05, 0.1) is 5.60 Å². The highest BCUT2D eigenvalue weighted by Crippen LogP contribution is 2.40. The molecule has 1 N–H and O–H groups in total. The number of rotatable bonds is 3. The first-order valence-electron chi connectivity index (χ1n) is 5.36. The van der Waals surface area contributed by atoms with Gasteiger partial charge in [0.2, 0.25) is 0 Å². The molecule has 1 aromatic rings. The minimum absolute atomic E-state index is 0.594. The van der Waals surface area contributed by atoms with Crippen LogP contribution in [0.5, 0.6) is 0 Å². The van der Waals surface area contributed by atoms with E-state index >= 15 is 0 Å². The SMILES string of the molecule is Cc1ccsc1C(C)(O)CC1CCC1. The van der Waals surface area contributed by atoms with Gasteiger partial charge in [0.1, 0.15) is 0 Å². The maximum Gasteiger partial charge on any atom is 0.0965 e. The number of hydrogen-bond acceptors (Lipinski definition) is 2. The van der Waals surface area contributed by atoms with E-state index in [4.69, 9.17) is 0 Å². The minimum atomic E-state index is -0.594. The van der Waals surface area contributed by atoms with Crippen molar-refractivity contribution < 1.29 is 5.11 Å². The van der Waals surface area contributed by atoms with E-state index in [2.05, 4.69) is 18.4 Å². The maximum absolute atomic E-state index is 10.4. The first-order valence-corrected chi connectivity index (χ1v) is 6.24. The number of thiophene rings is 1. The quantitative estimate of drug-likeness (QED) is 0.810.